The van der Waals surface area contributed by atoms with E-state index in [1.165, 1.54) is 38.6 Å². The molecular formula is C20H26N6O3S. The summed E-state index contributed by atoms with van der Waals surface area (Å²) in [6, 6.07) is 5.56. The number of amides is 2. The molecule has 160 valence electrons. The molecule has 0 radical (unpaired) electrons. The van der Waals surface area contributed by atoms with Gasteiger partial charge in [0.2, 0.25) is 17.8 Å². The van der Waals surface area contributed by atoms with Crippen LogP contribution in [0.2, 0.25) is 0 Å². The Bertz CT molecular complexity index is 937. The molecular weight excluding hydrogens is 404 g/mol. The van der Waals surface area contributed by atoms with Gasteiger partial charge in [0.1, 0.15) is 5.75 Å². The van der Waals surface area contributed by atoms with Gasteiger partial charge in [0.15, 0.2) is 5.16 Å². The van der Waals surface area contributed by atoms with E-state index in [2.05, 4.69) is 30.3 Å². The summed E-state index contributed by atoms with van der Waals surface area (Å²) in [4.78, 5) is 26.2. The molecule has 0 bridgehead atoms. The number of benzene rings is 1. The Labute approximate surface area is 179 Å². The van der Waals surface area contributed by atoms with Gasteiger partial charge in [-0.15, -0.1) is 10.2 Å². The summed E-state index contributed by atoms with van der Waals surface area (Å²) in [5.41, 5.74) is 1.10. The van der Waals surface area contributed by atoms with Gasteiger partial charge in [0.05, 0.1) is 18.6 Å². The van der Waals surface area contributed by atoms with Gasteiger partial charge in [-0.2, -0.15) is 0 Å². The number of nitrogens with zero attached hydrogens (tertiary/aromatic N) is 4. The minimum atomic E-state index is -0.179. The third kappa shape index (κ3) is 4.69. The van der Waals surface area contributed by atoms with E-state index in [0.29, 0.717) is 23.2 Å². The Morgan fingerprint density at radius 1 is 1.20 bits per heavy atom. The second-order valence-electron chi connectivity index (χ2n) is 7.51. The number of nitrogens with one attached hydrogen (secondary N) is 2. The van der Waals surface area contributed by atoms with Crippen LogP contribution in [0.5, 0.6) is 5.75 Å². The molecule has 2 N–H and O–H groups in total. The fraction of sp³-hybridized carbons (Fsp3) is 0.500. The molecule has 0 unspecified atom stereocenters. The zero-order valence-corrected chi connectivity index (χ0v) is 18.0. The van der Waals surface area contributed by atoms with E-state index in [-0.39, 0.29) is 17.6 Å². The summed E-state index contributed by atoms with van der Waals surface area (Å²) in [6.45, 7) is 3.46. The highest BCUT2D eigenvalue weighted by Gasteiger charge is 2.32. The van der Waals surface area contributed by atoms with Crippen LogP contribution in [0.3, 0.4) is 0 Å². The second kappa shape index (κ2) is 8.95. The standard InChI is InChI=1S/C20H26N6O3S/c1-13(27)21-14-5-8-17(29-2)16(11-14)22-18(28)12-30-20-24-23-19(25-9-3-4-10-25)26(20)15-6-7-15/h5,8,11,15H,3-4,6-7,9-10,12H2,1-2H3,(H,21,27)(H,22,28). The van der Waals surface area contributed by atoms with Crippen molar-refractivity contribution < 1.29 is 14.3 Å². The molecule has 2 aromatic rings. The largest absolute Gasteiger partial charge is 0.495 e. The van der Waals surface area contributed by atoms with Crippen LogP contribution >= 0.6 is 11.8 Å². The summed E-state index contributed by atoms with van der Waals surface area (Å²) in [6.07, 6.45) is 4.63. The molecule has 2 amide bonds. The molecule has 2 fully saturated rings. The van der Waals surface area contributed by atoms with E-state index in [0.717, 1.165) is 37.0 Å². The van der Waals surface area contributed by atoms with Gasteiger partial charge in [0, 0.05) is 31.7 Å². The number of carbonyl (C=O) groups is 2. The number of hydrogen-bond acceptors (Lipinski definition) is 7. The molecule has 2 aliphatic rings. The lowest BCUT2D eigenvalue weighted by Crippen LogP contribution is -2.22. The fourth-order valence-corrected chi connectivity index (χ4v) is 4.36. The number of methoxy groups -OCH3 is 1. The summed E-state index contributed by atoms with van der Waals surface area (Å²) in [5.74, 6) is 1.31. The molecule has 9 nitrogen and oxygen atoms in total. The molecule has 1 saturated carbocycles. The van der Waals surface area contributed by atoms with Crippen molar-refractivity contribution in [2.24, 2.45) is 0 Å². The van der Waals surface area contributed by atoms with Crippen molar-refractivity contribution in [3.8, 4) is 5.75 Å². The van der Waals surface area contributed by atoms with Crippen molar-refractivity contribution >= 4 is 40.9 Å². The molecule has 4 rings (SSSR count). The van der Waals surface area contributed by atoms with Crippen molar-refractivity contribution in [2.75, 3.05) is 41.5 Å². The minimum Gasteiger partial charge on any atom is -0.495 e. The number of thioether (sulfide) groups is 1. The first-order valence-corrected chi connectivity index (χ1v) is 11.1. The highest BCUT2D eigenvalue weighted by atomic mass is 32.2. The van der Waals surface area contributed by atoms with Gasteiger partial charge in [-0.25, -0.2) is 0 Å². The number of ether oxygens (including phenoxy) is 1. The molecule has 1 saturated heterocycles. The van der Waals surface area contributed by atoms with Crippen LogP contribution in [0.4, 0.5) is 17.3 Å². The molecule has 2 heterocycles. The number of hydrogen-bond donors (Lipinski definition) is 2. The normalized spacial score (nSPS) is 15.9. The van der Waals surface area contributed by atoms with E-state index in [1.807, 2.05) is 0 Å². The molecule has 1 aromatic carbocycles. The summed E-state index contributed by atoms with van der Waals surface area (Å²) in [5, 5.41) is 15.1. The van der Waals surface area contributed by atoms with Gasteiger partial charge in [-0.3, -0.25) is 14.2 Å². The van der Waals surface area contributed by atoms with Gasteiger partial charge in [-0.05, 0) is 43.9 Å². The van der Waals surface area contributed by atoms with E-state index in [1.54, 1.807) is 18.2 Å². The first kappa shape index (κ1) is 20.5. The van der Waals surface area contributed by atoms with E-state index in [9.17, 15) is 9.59 Å². The number of carbonyl (C=O) groups excluding carboxylic acids is 2. The first-order chi connectivity index (χ1) is 14.5. The van der Waals surface area contributed by atoms with Gasteiger partial charge in [-0.1, -0.05) is 11.8 Å². The Balaban J connectivity index is 1.42. The molecule has 0 atom stereocenters. The zero-order chi connectivity index (χ0) is 21.1. The summed E-state index contributed by atoms with van der Waals surface area (Å²) < 4.78 is 7.52. The Kier molecular flexibility index (Phi) is 6.12. The molecule has 1 aliphatic heterocycles. The third-order valence-corrected chi connectivity index (χ3v) is 6.02. The second-order valence-corrected chi connectivity index (χ2v) is 8.45. The van der Waals surface area contributed by atoms with Crippen molar-refractivity contribution in [1.29, 1.82) is 0 Å². The predicted molar refractivity (Wildman–Crippen MR) is 116 cm³/mol. The van der Waals surface area contributed by atoms with Crippen molar-refractivity contribution in [3.63, 3.8) is 0 Å². The SMILES string of the molecule is COc1ccc(NC(C)=O)cc1NC(=O)CSc1nnc(N2CCCC2)n1C1CC1. The monoisotopic (exact) mass is 430 g/mol. The van der Waals surface area contributed by atoms with Gasteiger partial charge >= 0.3 is 0 Å². The summed E-state index contributed by atoms with van der Waals surface area (Å²) >= 11 is 1.39. The van der Waals surface area contributed by atoms with Gasteiger partial charge < -0.3 is 20.3 Å². The van der Waals surface area contributed by atoms with Crippen molar-refractivity contribution in [1.82, 2.24) is 14.8 Å². The predicted octanol–water partition coefficient (Wildman–Crippen LogP) is 2.91. The van der Waals surface area contributed by atoms with E-state index in [4.69, 9.17) is 4.74 Å². The van der Waals surface area contributed by atoms with Crippen LogP contribution in [0.25, 0.3) is 0 Å². The Morgan fingerprint density at radius 2 is 1.97 bits per heavy atom. The Hall–Kier alpha value is -2.75. The highest BCUT2D eigenvalue weighted by Crippen LogP contribution is 2.41. The number of aromatic nitrogens is 3. The molecule has 10 heteroatoms. The maximum absolute atomic E-state index is 12.6. The number of rotatable bonds is 8. The van der Waals surface area contributed by atoms with Crippen molar-refractivity contribution in [2.45, 2.75) is 43.8 Å². The molecule has 30 heavy (non-hydrogen) atoms. The first-order valence-electron chi connectivity index (χ1n) is 10.1. The van der Waals surface area contributed by atoms with Crippen LogP contribution < -0.4 is 20.3 Å². The summed E-state index contributed by atoms with van der Waals surface area (Å²) in [7, 11) is 1.54. The number of anilines is 3. The lowest BCUT2D eigenvalue weighted by Gasteiger charge is -2.18. The maximum Gasteiger partial charge on any atom is 0.234 e. The van der Waals surface area contributed by atoms with Crippen LogP contribution in [0.15, 0.2) is 23.4 Å². The Morgan fingerprint density at radius 3 is 2.63 bits per heavy atom. The third-order valence-electron chi connectivity index (χ3n) is 5.07. The quantitative estimate of drug-likeness (QED) is 0.621. The van der Waals surface area contributed by atoms with Gasteiger partial charge in [0.25, 0.3) is 0 Å². The smallest absolute Gasteiger partial charge is 0.234 e. The average Bonchev–Trinajstić information content (AvgIpc) is 3.23. The van der Waals surface area contributed by atoms with Crippen LogP contribution in [-0.4, -0.2) is 52.5 Å². The lowest BCUT2D eigenvalue weighted by molar-refractivity contribution is -0.114. The van der Waals surface area contributed by atoms with Crippen LogP contribution in [0, 0.1) is 0 Å². The van der Waals surface area contributed by atoms with Crippen LogP contribution in [0.1, 0.15) is 38.6 Å². The minimum absolute atomic E-state index is 0.175. The topological polar surface area (TPSA) is 101 Å². The van der Waals surface area contributed by atoms with E-state index < -0.39 is 0 Å². The van der Waals surface area contributed by atoms with Crippen molar-refractivity contribution in [3.05, 3.63) is 18.2 Å². The van der Waals surface area contributed by atoms with Crippen LogP contribution in [-0.2, 0) is 9.59 Å². The maximum atomic E-state index is 12.6. The highest BCUT2D eigenvalue weighted by molar-refractivity contribution is 7.99. The fourth-order valence-electron chi connectivity index (χ4n) is 3.56. The average molecular weight is 431 g/mol. The molecule has 1 aliphatic carbocycles. The lowest BCUT2D eigenvalue weighted by atomic mass is 10.2. The van der Waals surface area contributed by atoms with E-state index >= 15 is 0 Å². The zero-order valence-electron chi connectivity index (χ0n) is 17.2. The molecule has 0 spiro atoms. The molecule has 1 aromatic heterocycles.